The number of hydrogen-bond acceptors (Lipinski definition) is 8. The zero-order valence-electron chi connectivity index (χ0n) is 19.4. The number of esters is 1. The molecule has 0 spiro atoms. The number of furan rings is 1. The van der Waals surface area contributed by atoms with E-state index in [1.807, 2.05) is 0 Å². The van der Waals surface area contributed by atoms with E-state index >= 15 is 0 Å². The molecule has 1 aromatic carbocycles. The largest absolute Gasteiger partial charge is 0.462 e. The van der Waals surface area contributed by atoms with Crippen LogP contribution in [0.3, 0.4) is 0 Å². The minimum atomic E-state index is -4.73. The fourth-order valence-electron chi connectivity index (χ4n) is 3.35. The normalized spacial score (nSPS) is 11.7. The number of pyridine rings is 1. The number of nitrogens with zero attached hydrogens (tertiary/aromatic N) is 3. The molecule has 0 aliphatic rings. The van der Waals surface area contributed by atoms with Crippen LogP contribution in [0.25, 0.3) is 28.4 Å². The Balaban J connectivity index is 1.56. The third-order valence-electron chi connectivity index (χ3n) is 5.07. The molecule has 0 atom stereocenters. The summed E-state index contributed by atoms with van der Waals surface area (Å²) in [5, 5.41) is 2.71. The van der Waals surface area contributed by atoms with Crippen LogP contribution in [0.4, 0.5) is 19.0 Å². The van der Waals surface area contributed by atoms with Crippen molar-refractivity contribution in [2.45, 2.75) is 19.6 Å². The van der Waals surface area contributed by atoms with Gasteiger partial charge in [0.2, 0.25) is 5.91 Å². The molecule has 0 bridgehead atoms. The molecule has 0 aliphatic carbocycles. The third kappa shape index (κ3) is 6.10. The number of nitrogen functional groups attached to an aromatic ring is 1. The fourth-order valence-corrected chi connectivity index (χ4v) is 3.35. The molecule has 9 nitrogen and oxygen atoms in total. The molecule has 3 heterocycles. The number of anilines is 1. The summed E-state index contributed by atoms with van der Waals surface area (Å²) in [4.78, 5) is 35.9. The Bertz CT molecular complexity index is 1460. The van der Waals surface area contributed by atoms with Crippen molar-refractivity contribution in [1.29, 1.82) is 0 Å². The number of aromatic nitrogens is 3. The van der Waals surface area contributed by atoms with Crippen molar-refractivity contribution >= 4 is 34.7 Å². The van der Waals surface area contributed by atoms with Crippen LogP contribution in [-0.4, -0.2) is 33.4 Å². The van der Waals surface area contributed by atoms with E-state index < -0.39 is 23.6 Å². The van der Waals surface area contributed by atoms with E-state index in [4.69, 9.17) is 14.9 Å². The van der Waals surface area contributed by atoms with E-state index in [2.05, 4.69) is 20.3 Å². The second kappa shape index (κ2) is 10.5. The third-order valence-corrected chi connectivity index (χ3v) is 5.07. The van der Waals surface area contributed by atoms with E-state index in [0.29, 0.717) is 11.4 Å². The highest BCUT2D eigenvalue weighted by atomic mass is 19.4. The van der Waals surface area contributed by atoms with Gasteiger partial charge in [0.1, 0.15) is 17.2 Å². The molecule has 0 unspecified atom stereocenters. The second-order valence-electron chi connectivity index (χ2n) is 7.74. The zero-order chi connectivity index (χ0) is 26.6. The molecule has 1 amide bonds. The molecule has 4 rings (SSSR count). The Labute approximate surface area is 208 Å². The first-order valence-electron chi connectivity index (χ1n) is 10.9. The monoisotopic (exact) mass is 511 g/mol. The summed E-state index contributed by atoms with van der Waals surface area (Å²) < 4.78 is 51.8. The number of ether oxygens (including phenoxy) is 1. The van der Waals surface area contributed by atoms with Crippen LogP contribution < -0.4 is 11.1 Å². The second-order valence-corrected chi connectivity index (χ2v) is 7.74. The molecule has 0 radical (unpaired) electrons. The quantitative estimate of drug-likeness (QED) is 0.276. The van der Waals surface area contributed by atoms with Gasteiger partial charge in [-0.05, 0) is 48.9 Å². The van der Waals surface area contributed by atoms with Gasteiger partial charge in [0.15, 0.2) is 5.82 Å². The summed E-state index contributed by atoms with van der Waals surface area (Å²) in [6.45, 7) is 1.66. The van der Waals surface area contributed by atoms with Crippen molar-refractivity contribution in [2.24, 2.45) is 0 Å². The van der Waals surface area contributed by atoms with Gasteiger partial charge >= 0.3 is 12.1 Å². The molecule has 190 valence electrons. The number of carbonyl (C=O) groups is 2. The summed E-state index contributed by atoms with van der Waals surface area (Å²) in [7, 11) is 0. The van der Waals surface area contributed by atoms with Crippen molar-refractivity contribution in [1.82, 2.24) is 20.3 Å². The first-order chi connectivity index (χ1) is 17.6. The lowest BCUT2D eigenvalue weighted by Crippen LogP contribution is -2.19. The lowest BCUT2D eigenvalue weighted by Gasteiger charge is -2.09. The molecular formula is C25H20F3N5O4. The number of carbonyl (C=O) groups excluding carboxylic acids is 2. The number of nitrogens with one attached hydrogen (secondary N) is 1. The minimum absolute atomic E-state index is 0.0150. The summed E-state index contributed by atoms with van der Waals surface area (Å²) >= 11 is 0. The minimum Gasteiger partial charge on any atom is -0.462 e. The van der Waals surface area contributed by atoms with Crippen molar-refractivity contribution in [3.63, 3.8) is 0 Å². The molecule has 37 heavy (non-hydrogen) atoms. The highest BCUT2D eigenvalue weighted by Gasteiger charge is 2.35. The maximum Gasteiger partial charge on any atom is 0.420 e. The predicted molar refractivity (Wildman–Crippen MR) is 128 cm³/mol. The average Bonchev–Trinajstić information content (AvgIpc) is 3.29. The van der Waals surface area contributed by atoms with Crippen LogP contribution in [-0.2, 0) is 22.3 Å². The van der Waals surface area contributed by atoms with E-state index in [1.54, 1.807) is 19.1 Å². The maximum absolute atomic E-state index is 13.8. The highest BCUT2D eigenvalue weighted by Crippen LogP contribution is 2.38. The Morgan fingerprint density at radius 3 is 2.51 bits per heavy atom. The molecule has 3 aromatic heterocycles. The Hall–Kier alpha value is -4.74. The number of hydrogen-bond donors (Lipinski definition) is 2. The predicted octanol–water partition coefficient (Wildman–Crippen LogP) is 4.39. The van der Waals surface area contributed by atoms with Crippen molar-refractivity contribution < 1.29 is 31.9 Å². The van der Waals surface area contributed by atoms with Crippen LogP contribution in [0.15, 0.2) is 59.4 Å². The number of amides is 1. The summed E-state index contributed by atoms with van der Waals surface area (Å²) in [6, 6.07) is 6.96. The Morgan fingerprint density at radius 1 is 1.11 bits per heavy atom. The fraction of sp³-hybridized carbons (Fsp3) is 0.160. The highest BCUT2D eigenvalue weighted by molar-refractivity contribution is 5.92. The van der Waals surface area contributed by atoms with E-state index in [-0.39, 0.29) is 46.8 Å². The summed E-state index contributed by atoms with van der Waals surface area (Å²) in [5.74, 6) is -0.676. The Kier molecular flexibility index (Phi) is 7.18. The van der Waals surface area contributed by atoms with Gasteiger partial charge in [-0.2, -0.15) is 13.2 Å². The zero-order valence-corrected chi connectivity index (χ0v) is 19.4. The smallest absolute Gasteiger partial charge is 0.420 e. The van der Waals surface area contributed by atoms with Crippen LogP contribution in [0.2, 0.25) is 0 Å². The standard InChI is InChI=1S/C25H20F3N5O4/c1-2-36-24(35)17-11-32-23(33-12-17)16-7-15-8-18(37-22(15)19(9-16)25(26,27)28)13-31-21(34)6-4-14-3-5-20(29)30-10-14/h3-12H,2,13H2,1H3,(H2,29,30)(H,31,34)/b6-4+. The van der Waals surface area contributed by atoms with Gasteiger partial charge in [-0.1, -0.05) is 0 Å². The number of rotatable bonds is 7. The van der Waals surface area contributed by atoms with E-state index in [0.717, 1.165) is 6.07 Å². The molecule has 3 N–H and O–H groups in total. The number of nitrogens with two attached hydrogens (primary N) is 1. The number of alkyl halides is 3. The van der Waals surface area contributed by atoms with Gasteiger partial charge in [-0.15, -0.1) is 0 Å². The molecular weight excluding hydrogens is 491 g/mol. The van der Waals surface area contributed by atoms with E-state index in [9.17, 15) is 22.8 Å². The SMILES string of the molecule is CCOC(=O)c1cnc(-c2cc(C(F)(F)F)c3oc(CNC(=O)/C=C/c4ccc(N)nc4)cc3c2)nc1. The number of benzene rings is 1. The lowest BCUT2D eigenvalue weighted by atomic mass is 10.1. The molecule has 0 fully saturated rings. The Morgan fingerprint density at radius 2 is 1.86 bits per heavy atom. The van der Waals surface area contributed by atoms with Crippen LogP contribution in [0.1, 0.15) is 34.2 Å². The van der Waals surface area contributed by atoms with Crippen LogP contribution >= 0.6 is 0 Å². The molecule has 12 heteroatoms. The molecule has 0 saturated heterocycles. The first kappa shape index (κ1) is 25.4. The molecule has 0 saturated carbocycles. The molecule has 0 aliphatic heterocycles. The topological polar surface area (TPSA) is 133 Å². The van der Waals surface area contributed by atoms with Crippen molar-refractivity contribution in [3.8, 4) is 11.4 Å². The average molecular weight is 511 g/mol. The van der Waals surface area contributed by atoms with Gasteiger partial charge in [0, 0.05) is 35.6 Å². The number of halogens is 3. The first-order valence-corrected chi connectivity index (χ1v) is 10.9. The van der Waals surface area contributed by atoms with Gasteiger partial charge in [-0.3, -0.25) is 4.79 Å². The van der Waals surface area contributed by atoms with E-state index in [1.165, 1.54) is 42.9 Å². The van der Waals surface area contributed by atoms with Crippen molar-refractivity contribution in [3.05, 3.63) is 77.4 Å². The van der Waals surface area contributed by atoms with Crippen molar-refractivity contribution in [2.75, 3.05) is 12.3 Å². The lowest BCUT2D eigenvalue weighted by molar-refractivity contribution is -0.136. The van der Waals surface area contributed by atoms with Crippen LogP contribution in [0.5, 0.6) is 0 Å². The van der Waals surface area contributed by atoms with Gasteiger partial charge in [0.05, 0.1) is 24.3 Å². The maximum atomic E-state index is 13.8. The van der Waals surface area contributed by atoms with Crippen LogP contribution in [0, 0.1) is 0 Å². The van der Waals surface area contributed by atoms with Gasteiger partial charge in [0.25, 0.3) is 0 Å². The van der Waals surface area contributed by atoms with Gasteiger partial charge < -0.3 is 20.2 Å². The number of fused-ring (bicyclic) bond motifs is 1. The molecule has 4 aromatic rings. The van der Waals surface area contributed by atoms with Gasteiger partial charge in [-0.25, -0.2) is 19.7 Å². The summed E-state index contributed by atoms with van der Waals surface area (Å²) in [6.07, 6.45) is 1.90. The summed E-state index contributed by atoms with van der Waals surface area (Å²) in [5.41, 5.74) is 4.91.